The highest BCUT2D eigenvalue weighted by molar-refractivity contribution is 6.30. The number of ether oxygens (including phenoxy) is 4. The molecule has 0 radical (unpaired) electrons. The van der Waals surface area contributed by atoms with Gasteiger partial charge < -0.3 is 30.4 Å². The Kier molecular flexibility index (Phi) is 7.25. The first kappa shape index (κ1) is 25.2. The Bertz CT molecular complexity index is 1600. The predicted molar refractivity (Wildman–Crippen MR) is 146 cm³/mol. The van der Waals surface area contributed by atoms with Crippen molar-refractivity contribution in [3.05, 3.63) is 66.2 Å². The molecule has 0 saturated carbocycles. The Hall–Kier alpha value is -4.41. The van der Waals surface area contributed by atoms with E-state index in [1.54, 1.807) is 44.9 Å². The van der Waals surface area contributed by atoms with Gasteiger partial charge in [-0.25, -0.2) is 9.97 Å². The maximum Gasteiger partial charge on any atom is 0.213 e. The first-order valence-corrected chi connectivity index (χ1v) is 12.0. The number of pyridine rings is 4. The van der Waals surface area contributed by atoms with Crippen LogP contribution in [0.5, 0.6) is 23.1 Å². The summed E-state index contributed by atoms with van der Waals surface area (Å²) in [6, 6.07) is 10.5. The molecule has 10 nitrogen and oxygen atoms in total. The second-order valence-corrected chi connectivity index (χ2v) is 8.88. The zero-order valence-corrected chi connectivity index (χ0v) is 21.5. The molecule has 4 heterocycles. The normalized spacial score (nSPS) is 11.9. The molecule has 0 unspecified atom stereocenters. The standard InChI is InChI=1S/C27H25ClN6O4/c1-35-24-7-20-19-6-22(34-27(30)21(19)12-32-23(20)8-25(24)36-2)15-5-18(11-31-9-15)37-13-17(29)14-38-26-4-3-16(28)10-33-26/h3-12,17H,13-14,29H2,1-2H3,(H2,30,34)/t17-/m1/s1. The molecule has 5 rings (SSSR count). The van der Waals surface area contributed by atoms with Gasteiger partial charge in [-0.15, -0.1) is 0 Å². The molecular formula is C27H25ClN6O4. The summed E-state index contributed by atoms with van der Waals surface area (Å²) >= 11 is 5.84. The molecule has 4 aromatic heterocycles. The molecule has 1 atom stereocenters. The van der Waals surface area contributed by atoms with E-state index >= 15 is 0 Å². The summed E-state index contributed by atoms with van der Waals surface area (Å²) in [4.78, 5) is 17.5. The van der Waals surface area contributed by atoms with Gasteiger partial charge in [0.1, 0.15) is 24.8 Å². The monoisotopic (exact) mass is 532 g/mol. The van der Waals surface area contributed by atoms with Crippen LogP contribution in [0.25, 0.3) is 32.9 Å². The fraction of sp³-hybridized carbons (Fsp3) is 0.185. The summed E-state index contributed by atoms with van der Waals surface area (Å²) < 4.78 is 22.4. The molecule has 0 aliphatic carbocycles. The molecule has 0 bridgehead atoms. The number of nitrogens with two attached hydrogens (primary N) is 2. The molecule has 38 heavy (non-hydrogen) atoms. The smallest absolute Gasteiger partial charge is 0.213 e. The predicted octanol–water partition coefficient (Wildman–Crippen LogP) is 4.28. The van der Waals surface area contributed by atoms with Crippen molar-refractivity contribution in [2.24, 2.45) is 5.73 Å². The number of hydrogen-bond acceptors (Lipinski definition) is 10. The van der Waals surface area contributed by atoms with E-state index in [2.05, 4.69) is 19.9 Å². The van der Waals surface area contributed by atoms with E-state index in [4.69, 9.17) is 42.0 Å². The van der Waals surface area contributed by atoms with Crippen molar-refractivity contribution in [2.45, 2.75) is 6.04 Å². The summed E-state index contributed by atoms with van der Waals surface area (Å²) in [5, 5.41) is 3.00. The van der Waals surface area contributed by atoms with E-state index in [1.165, 1.54) is 6.20 Å². The molecule has 0 amide bonds. The van der Waals surface area contributed by atoms with Crippen LogP contribution < -0.4 is 30.4 Å². The van der Waals surface area contributed by atoms with Crippen LogP contribution in [0.15, 0.2) is 61.2 Å². The molecule has 0 aliphatic rings. The fourth-order valence-electron chi connectivity index (χ4n) is 3.94. The molecule has 0 spiro atoms. The number of aromatic nitrogens is 4. The van der Waals surface area contributed by atoms with Crippen LogP contribution >= 0.6 is 11.6 Å². The van der Waals surface area contributed by atoms with Crippen LogP contribution in [0.2, 0.25) is 5.02 Å². The van der Waals surface area contributed by atoms with Gasteiger partial charge in [0.2, 0.25) is 5.88 Å². The number of halogens is 1. The molecule has 1 aromatic carbocycles. The highest BCUT2D eigenvalue weighted by Gasteiger charge is 2.14. The lowest BCUT2D eigenvalue weighted by molar-refractivity contribution is 0.215. The maximum atomic E-state index is 6.34. The summed E-state index contributed by atoms with van der Waals surface area (Å²) in [7, 11) is 3.18. The molecule has 194 valence electrons. The quantitative estimate of drug-likeness (QED) is 0.264. The van der Waals surface area contributed by atoms with E-state index in [1.807, 2.05) is 24.3 Å². The molecule has 5 aromatic rings. The summed E-state index contributed by atoms with van der Waals surface area (Å²) in [5.74, 6) is 2.51. The average molecular weight is 533 g/mol. The van der Waals surface area contributed by atoms with E-state index in [9.17, 15) is 0 Å². The highest BCUT2D eigenvalue weighted by atomic mass is 35.5. The first-order chi connectivity index (χ1) is 18.4. The van der Waals surface area contributed by atoms with E-state index in [0.717, 1.165) is 27.2 Å². The fourth-order valence-corrected chi connectivity index (χ4v) is 4.05. The number of anilines is 1. The van der Waals surface area contributed by atoms with Crippen LogP contribution in [0.3, 0.4) is 0 Å². The summed E-state index contributed by atoms with van der Waals surface area (Å²) in [6.45, 7) is 0.434. The minimum atomic E-state index is -0.392. The zero-order valence-electron chi connectivity index (χ0n) is 20.7. The number of nitrogens with zero attached hydrogens (tertiary/aromatic N) is 4. The molecule has 0 saturated heterocycles. The second kappa shape index (κ2) is 10.9. The van der Waals surface area contributed by atoms with Crippen molar-refractivity contribution < 1.29 is 18.9 Å². The number of benzene rings is 1. The number of methoxy groups -OCH3 is 2. The van der Waals surface area contributed by atoms with Gasteiger partial charge >= 0.3 is 0 Å². The van der Waals surface area contributed by atoms with E-state index in [-0.39, 0.29) is 13.2 Å². The largest absolute Gasteiger partial charge is 0.493 e. The zero-order chi connectivity index (χ0) is 26.6. The summed E-state index contributed by atoms with van der Waals surface area (Å²) in [5.41, 5.74) is 14.6. The SMILES string of the molecule is COc1cc2ncc3c(N)nc(-c4cncc(OC[C@@H](N)COc5ccc(Cl)cn5)c4)cc3c2cc1OC. The van der Waals surface area contributed by atoms with Gasteiger partial charge in [0, 0.05) is 47.1 Å². The number of nitrogen functional groups attached to an aromatic ring is 1. The molecular weight excluding hydrogens is 508 g/mol. The van der Waals surface area contributed by atoms with Crippen LogP contribution in [-0.4, -0.2) is 53.4 Å². The van der Waals surface area contributed by atoms with Crippen LogP contribution in [0.4, 0.5) is 5.82 Å². The van der Waals surface area contributed by atoms with Gasteiger partial charge in [0.25, 0.3) is 0 Å². The average Bonchev–Trinajstić information content (AvgIpc) is 2.95. The van der Waals surface area contributed by atoms with Crippen LogP contribution in [-0.2, 0) is 0 Å². The van der Waals surface area contributed by atoms with Gasteiger partial charge in [0.15, 0.2) is 11.5 Å². The Morgan fingerprint density at radius 3 is 2.39 bits per heavy atom. The topological polar surface area (TPSA) is 141 Å². The van der Waals surface area contributed by atoms with Crippen LogP contribution in [0, 0.1) is 0 Å². The first-order valence-electron chi connectivity index (χ1n) is 11.6. The third-order valence-electron chi connectivity index (χ3n) is 5.83. The van der Waals surface area contributed by atoms with Gasteiger partial charge in [-0.3, -0.25) is 9.97 Å². The lowest BCUT2D eigenvalue weighted by Gasteiger charge is -2.14. The van der Waals surface area contributed by atoms with Crippen molar-refractivity contribution in [3.63, 3.8) is 0 Å². The minimum absolute atomic E-state index is 0.212. The van der Waals surface area contributed by atoms with E-state index in [0.29, 0.717) is 39.7 Å². The highest BCUT2D eigenvalue weighted by Crippen LogP contribution is 2.37. The Labute approximate surface area is 223 Å². The molecule has 0 fully saturated rings. The third-order valence-corrected chi connectivity index (χ3v) is 6.05. The van der Waals surface area contributed by atoms with Crippen molar-refractivity contribution >= 4 is 39.1 Å². The van der Waals surface area contributed by atoms with Crippen molar-refractivity contribution in [3.8, 4) is 34.4 Å². The van der Waals surface area contributed by atoms with Crippen LogP contribution in [0.1, 0.15) is 0 Å². The summed E-state index contributed by atoms with van der Waals surface area (Å²) in [6.07, 6.45) is 6.52. The van der Waals surface area contributed by atoms with Gasteiger partial charge in [-0.2, -0.15) is 0 Å². The van der Waals surface area contributed by atoms with Gasteiger partial charge in [0.05, 0.1) is 42.7 Å². The van der Waals surface area contributed by atoms with Crippen molar-refractivity contribution in [1.29, 1.82) is 0 Å². The minimum Gasteiger partial charge on any atom is -0.493 e. The Morgan fingerprint density at radius 1 is 0.842 bits per heavy atom. The lowest BCUT2D eigenvalue weighted by Crippen LogP contribution is -2.34. The van der Waals surface area contributed by atoms with Gasteiger partial charge in [-0.05, 0) is 29.7 Å². The van der Waals surface area contributed by atoms with Gasteiger partial charge in [-0.1, -0.05) is 11.6 Å². The molecule has 11 heteroatoms. The van der Waals surface area contributed by atoms with Crippen molar-refractivity contribution in [2.75, 3.05) is 33.2 Å². The second-order valence-electron chi connectivity index (χ2n) is 8.44. The van der Waals surface area contributed by atoms with Crippen molar-refractivity contribution in [1.82, 2.24) is 19.9 Å². The lowest BCUT2D eigenvalue weighted by atomic mass is 10.0. The number of hydrogen-bond donors (Lipinski definition) is 2. The number of fused-ring (bicyclic) bond motifs is 3. The maximum absolute atomic E-state index is 6.34. The Balaban J connectivity index is 1.38. The molecule has 0 aliphatic heterocycles. The third kappa shape index (κ3) is 5.31. The number of rotatable bonds is 9. The Morgan fingerprint density at radius 2 is 1.63 bits per heavy atom. The van der Waals surface area contributed by atoms with E-state index < -0.39 is 6.04 Å². The molecule has 4 N–H and O–H groups in total.